The summed E-state index contributed by atoms with van der Waals surface area (Å²) in [6.07, 6.45) is 3.43. The molecule has 0 saturated carbocycles. The first-order valence-electron chi connectivity index (χ1n) is 14.5. The van der Waals surface area contributed by atoms with E-state index in [-0.39, 0.29) is 57.6 Å². The Morgan fingerprint density at radius 1 is 1.02 bits per heavy atom. The summed E-state index contributed by atoms with van der Waals surface area (Å²) in [4.78, 5) is 98.9. The molecule has 1 saturated heterocycles. The van der Waals surface area contributed by atoms with Gasteiger partial charge in [-0.25, -0.2) is 9.78 Å². The molecule has 1 aromatic heterocycles. The molecule has 1 fully saturated rings. The summed E-state index contributed by atoms with van der Waals surface area (Å²) >= 11 is 0. The van der Waals surface area contributed by atoms with E-state index >= 15 is 0 Å². The highest BCUT2D eigenvalue weighted by Crippen LogP contribution is 2.18. The number of nitrogens with one attached hydrogen (secondary N) is 5. The fourth-order valence-corrected chi connectivity index (χ4v) is 4.66. The second-order valence-corrected chi connectivity index (χ2v) is 10.5. The third-order valence-corrected chi connectivity index (χ3v) is 6.98. The molecule has 0 aromatic carbocycles. The zero-order chi connectivity index (χ0) is 34.2. The second kappa shape index (κ2) is 18.5. The van der Waals surface area contributed by atoms with Crippen LogP contribution in [0.3, 0.4) is 0 Å². The first-order chi connectivity index (χ1) is 21.8. The van der Waals surface area contributed by atoms with Gasteiger partial charge in [-0.15, -0.1) is 0 Å². The van der Waals surface area contributed by atoms with Crippen molar-refractivity contribution in [1.82, 2.24) is 36.1 Å². The molecule has 1 aromatic rings. The van der Waals surface area contributed by atoms with E-state index in [1.807, 2.05) is 0 Å². The number of amides is 6. The van der Waals surface area contributed by atoms with Gasteiger partial charge in [-0.3, -0.25) is 33.8 Å². The number of aromatic nitrogens is 2. The number of guanidine groups is 1. The topological polar surface area (TPSA) is 336 Å². The Morgan fingerprint density at radius 2 is 1.76 bits per heavy atom. The van der Waals surface area contributed by atoms with Crippen molar-refractivity contribution in [3.8, 4) is 0 Å². The summed E-state index contributed by atoms with van der Waals surface area (Å²) in [5, 5.41) is 19.3. The number of nitrogens with two attached hydrogens (primary N) is 4. The predicted octanol–water partition coefficient (Wildman–Crippen LogP) is -5.12. The molecule has 46 heavy (non-hydrogen) atoms. The fraction of sp³-hybridized carbons (Fsp3) is 0.577. The van der Waals surface area contributed by atoms with Crippen LogP contribution < -0.4 is 44.2 Å². The number of carbonyl (C=O) groups excluding carboxylic acids is 6. The highest BCUT2D eigenvalue weighted by Gasteiger charge is 2.36. The number of carbonyl (C=O) groups is 7. The summed E-state index contributed by atoms with van der Waals surface area (Å²) in [7, 11) is 0. The Hall–Kier alpha value is -5.27. The first kappa shape index (κ1) is 36.9. The van der Waals surface area contributed by atoms with E-state index in [1.54, 1.807) is 0 Å². The van der Waals surface area contributed by atoms with Crippen molar-refractivity contribution in [1.29, 1.82) is 0 Å². The van der Waals surface area contributed by atoms with Crippen LogP contribution >= 0.6 is 0 Å². The number of rotatable bonds is 19. The van der Waals surface area contributed by atoms with Gasteiger partial charge in [0.05, 0.1) is 19.4 Å². The number of carboxylic acid groups (broad SMARTS) is 1. The standard InChI is InChI=1S/C26H42N12O8/c27-10-20(40)35-15(5-6-19(28)39)23(43)37-17(9-14-11-31-13-34-14)22(42)33-12-21(41)38-8-2-4-18(38)24(44)36-16(25(45)46)3-1-7-32-26(29)30/h11,13,15-18H,1-10,12,27H2,(H2,28,39)(H,31,34)(H,33,42)(H,35,40)(H,36,44)(H,37,43)(H,45,46)(H4,29,30,32)/t15-,16-,17-,18-/m0/s1. The van der Waals surface area contributed by atoms with Crippen molar-refractivity contribution in [3.63, 3.8) is 0 Å². The number of likely N-dealkylation sites (tertiary alicyclic amines) is 1. The van der Waals surface area contributed by atoms with E-state index in [2.05, 4.69) is 36.2 Å². The Labute approximate surface area is 263 Å². The lowest BCUT2D eigenvalue weighted by Gasteiger charge is -2.26. The van der Waals surface area contributed by atoms with Gasteiger partial charge in [0.25, 0.3) is 0 Å². The highest BCUT2D eigenvalue weighted by molar-refractivity contribution is 5.95. The van der Waals surface area contributed by atoms with Crippen LogP contribution in [0.2, 0.25) is 0 Å². The van der Waals surface area contributed by atoms with Crippen molar-refractivity contribution >= 4 is 47.4 Å². The third-order valence-electron chi connectivity index (χ3n) is 6.98. The Morgan fingerprint density at radius 3 is 2.37 bits per heavy atom. The molecule has 254 valence electrons. The number of hydrogen-bond acceptors (Lipinski definition) is 10. The summed E-state index contributed by atoms with van der Waals surface area (Å²) in [5.41, 5.74) is 21.5. The molecule has 20 heteroatoms. The van der Waals surface area contributed by atoms with Crippen molar-refractivity contribution < 1.29 is 38.7 Å². The molecule has 0 unspecified atom stereocenters. The lowest BCUT2D eigenvalue weighted by atomic mass is 10.1. The van der Waals surface area contributed by atoms with E-state index in [0.29, 0.717) is 12.1 Å². The minimum absolute atomic E-state index is 0.0529. The van der Waals surface area contributed by atoms with Gasteiger partial charge in [0, 0.05) is 37.8 Å². The van der Waals surface area contributed by atoms with Gasteiger partial charge < -0.3 is 59.2 Å². The van der Waals surface area contributed by atoms with Crippen LogP contribution in [0.25, 0.3) is 0 Å². The molecule has 0 spiro atoms. The SMILES string of the molecule is NCC(=O)N[C@@H](CCC(N)=O)C(=O)N[C@@H](Cc1cnc[nH]1)C(=O)NCC(=O)N1CCC[C@H]1C(=O)N[C@@H](CCCN=C(N)N)C(=O)O. The van der Waals surface area contributed by atoms with E-state index in [4.69, 9.17) is 22.9 Å². The molecule has 6 amide bonds. The highest BCUT2D eigenvalue weighted by atomic mass is 16.4. The number of imidazole rings is 1. The third kappa shape index (κ3) is 12.4. The number of hydrogen-bond donors (Lipinski definition) is 10. The molecule has 0 aliphatic carbocycles. The molecule has 4 atom stereocenters. The largest absolute Gasteiger partial charge is 0.480 e. The molecule has 1 aliphatic rings. The number of aliphatic imine (C=N–C) groups is 1. The Bertz CT molecular complexity index is 1270. The van der Waals surface area contributed by atoms with Crippen molar-refractivity contribution in [2.45, 2.75) is 69.1 Å². The maximum Gasteiger partial charge on any atom is 0.326 e. The second-order valence-electron chi connectivity index (χ2n) is 10.5. The molecular formula is C26H42N12O8. The number of aliphatic carboxylic acids is 1. The molecule has 2 heterocycles. The minimum atomic E-state index is -1.26. The van der Waals surface area contributed by atoms with Crippen molar-refractivity contribution in [3.05, 3.63) is 18.2 Å². The first-order valence-corrected chi connectivity index (χ1v) is 14.5. The van der Waals surface area contributed by atoms with Crippen LogP contribution in [-0.2, 0) is 40.0 Å². The number of H-pyrrole nitrogens is 1. The normalized spacial score (nSPS) is 15.9. The van der Waals surface area contributed by atoms with Crippen LogP contribution in [0, 0.1) is 0 Å². The van der Waals surface area contributed by atoms with Gasteiger partial charge in [-0.2, -0.15) is 0 Å². The maximum absolute atomic E-state index is 13.2. The van der Waals surface area contributed by atoms with E-state index in [1.165, 1.54) is 17.4 Å². The van der Waals surface area contributed by atoms with Crippen LogP contribution in [0.5, 0.6) is 0 Å². The van der Waals surface area contributed by atoms with Gasteiger partial charge in [-0.05, 0) is 32.1 Å². The predicted molar refractivity (Wildman–Crippen MR) is 161 cm³/mol. The van der Waals surface area contributed by atoms with E-state index < -0.39 is 78.7 Å². The summed E-state index contributed by atoms with van der Waals surface area (Å²) in [6.45, 7) is -0.583. The summed E-state index contributed by atoms with van der Waals surface area (Å²) in [6, 6.07) is -4.67. The maximum atomic E-state index is 13.2. The smallest absolute Gasteiger partial charge is 0.326 e. The summed E-state index contributed by atoms with van der Waals surface area (Å²) in [5.74, 6) is -5.60. The van der Waals surface area contributed by atoms with Crippen molar-refractivity contribution in [2.75, 3.05) is 26.2 Å². The number of nitrogens with zero attached hydrogens (tertiary/aromatic N) is 3. The summed E-state index contributed by atoms with van der Waals surface area (Å²) < 4.78 is 0. The average molecular weight is 651 g/mol. The Kier molecular flexibility index (Phi) is 14.9. The molecule has 20 nitrogen and oxygen atoms in total. The number of primary amides is 1. The lowest BCUT2D eigenvalue weighted by molar-refractivity contribution is -0.144. The van der Waals surface area contributed by atoms with Gasteiger partial charge >= 0.3 is 5.97 Å². The molecule has 14 N–H and O–H groups in total. The molecular weight excluding hydrogens is 608 g/mol. The average Bonchev–Trinajstić information content (AvgIpc) is 3.71. The van der Waals surface area contributed by atoms with Gasteiger partial charge in [0.1, 0.15) is 24.2 Å². The zero-order valence-corrected chi connectivity index (χ0v) is 25.2. The van der Waals surface area contributed by atoms with Gasteiger partial charge in [-0.1, -0.05) is 0 Å². The zero-order valence-electron chi connectivity index (χ0n) is 25.2. The van der Waals surface area contributed by atoms with Crippen LogP contribution in [0.1, 0.15) is 44.2 Å². The number of carboxylic acids is 1. The van der Waals surface area contributed by atoms with Crippen LogP contribution in [-0.4, -0.2) is 118 Å². The van der Waals surface area contributed by atoms with E-state index in [0.717, 1.165) is 0 Å². The monoisotopic (exact) mass is 650 g/mol. The van der Waals surface area contributed by atoms with Gasteiger partial charge in [0.15, 0.2) is 5.96 Å². The molecule has 0 bridgehead atoms. The molecule has 0 radical (unpaired) electrons. The van der Waals surface area contributed by atoms with E-state index in [9.17, 15) is 38.7 Å². The van der Waals surface area contributed by atoms with Crippen LogP contribution in [0.4, 0.5) is 0 Å². The molecule has 2 rings (SSSR count). The minimum Gasteiger partial charge on any atom is -0.480 e. The van der Waals surface area contributed by atoms with Crippen molar-refractivity contribution in [2.24, 2.45) is 27.9 Å². The van der Waals surface area contributed by atoms with Crippen LogP contribution in [0.15, 0.2) is 17.5 Å². The fourth-order valence-electron chi connectivity index (χ4n) is 4.66. The number of aromatic amines is 1. The quantitative estimate of drug-likeness (QED) is 0.0382. The van der Waals surface area contributed by atoms with Gasteiger partial charge in [0.2, 0.25) is 35.4 Å². The Balaban J connectivity index is 2.06. The molecule has 1 aliphatic heterocycles. The lowest BCUT2D eigenvalue weighted by Crippen LogP contribution is -2.56.